The molecule has 0 heterocycles. The number of para-hydroxylation sites is 1. The van der Waals surface area contributed by atoms with Crippen LogP contribution < -0.4 is 10.5 Å². The lowest BCUT2D eigenvalue weighted by atomic mass is 10.0. The fourth-order valence-electron chi connectivity index (χ4n) is 1.98. The van der Waals surface area contributed by atoms with E-state index in [1.54, 1.807) is 7.11 Å². The summed E-state index contributed by atoms with van der Waals surface area (Å²) in [5.41, 5.74) is 6.64. The first-order valence-corrected chi connectivity index (χ1v) is 5.81. The van der Waals surface area contributed by atoms with Crippen LogP contribution >= 0.6 is 0 Å². The van der Waals surface area contributed by atoms with Crippen molar-refractivity contribution in [1.29, 1.82) is 0 Å². The molecule has 2 N–H and O–H groups in total. The minimum Gasteiger partial charge on any atom is -0.496 e. The van der Waals surface area contributed by atoms with Gasteiger partial charge in [0.15, 0.2) is 0 Å². The normalized spacial score (nSPS) is 17.1. The van der Waals surface area contributed by atoms with Gasteiger partial charge in [-0.25, -0.2) is 0 Å². The highest BCUT2D eigenvalue weighted by Gasteiger charge is 2.34. The average molecular weight is 221 g/mol. The molecule has 0 aliphatic heterocycles. The molecule has 1 saturated carbocycles. The van der Waals surface area contributed by atoms with Crippen molar-refractivity contribution >= 4 is 0 Å². The summed E-state index contributed by atoms with van der Waals surface area (Å²) in [6.45, 7) is 1.18. The minimum absolute atomic E-state index is 0.152. The molecule has 1 aromatic carbocycles. The lowest BCUT2D eigenvalue weighted by Crippen LogP contribution is -2.14. The van der Waals surface area contributed by atoms with Crippen LogP contribution in [-0.4, -0.2) is 20.3 Å². The summed E-state index contributed by atoms with van der Waals surface area (Å²) >= 11 is 0. The van der Waals surface area contributed by atoms with E-state index in [0.717, 1.165) is 11.3 Å². The summed E-state index contributed by atoms with van der Waals surface area (Å²) in [6, 6.07) is 8.07. The lowest BCUT2D eigenvalue weighted by Gasteiger charge is -2.19. The van der Waals surface area contributed by atoms with Crippen LogP contribution in [0.5, 0.6) is 5.75 Å². The molecule has 0 aromatic heterocycles. The highest BCUT2D eigenvalue weighted by atomic mass is 16.5. The Balaban J connectivity index is 2.16. The van der Waals surface area contributed by atoms with Gasteiger partial charge in [0.1, 0.15) is 5.75 Å². The van der Waals surface area contributed by atoms with E-state index in [-0.39, 0.29) is 6.10 Å². The minimum atomic E-state index is 0.152. The maximum absolute atomic E-state index is 5.84. The highest BCUT2D eigenvalue weighted by molar-refractivity contribution is 5.36. The molecule has 3 heteroatoms. The van der Waals surface area contributed by atoms with Gasteiger partial charge in [0.05, 0.1) is 19.8 Å². The van der Waals surface area contributed by atoms with Crippen molar-refractivity contribution in [2.75, 3.05) is 20.3 Å². The Bertz CT molecular complexity index is 336. The summed E-state index contributed by atoms with van der Waals surface area (Å²) in [7, 11) is 1.70. The zero-order chi connectivity index (χ0) is 11.4. The fraction of sp³-hybridized carbons (Fsp3) is 0.538. The Morgan fingerprint density at radius 2 is 2.12 bits per heavy atom. The van der Waals surface area contributed by atoms with Crippen LogP contribution in [-0.2, 0) is 4.74 Å². The van der Waals surface area contributed by atoms with Crippen LogP contribution in [0.15, 0.2) is 24.3 Å². The third kappa shape index (κ3) is 2.54. The average Bonchev–Trinajstić information content (AvgIpc) is 3.14. The Morgan fingerprint density at radius 1 is 1.38 bits per heavy atom. The molecule has 0 radical (unpaired) electrons. The number of nitrogens with two attached hydrogens (primary N) is 1. The lowest BCUT2D eigenvalue weighted by molar-refractivity contribution is 0.0408. The molecule has 0 saturated heterocycles. The molecule has 1 aromatic rings. The van der Waals surface area contributed by atoms with Crippen molar-refractivity contribution < 1.29 is 9.47 Å². The molecular formula is C13H19NO2. The number of rotatable bonds is 6. The number of hydrogen-bond donors (Lipinski definition) is 1. The van der Waals surface area contributed by atoms with Crippen molar-refractivity contribution in [3.8, 4) is 5.75 Å². The maximum Gasteiger partial charge on any atom is 0.124 e. The predicted octanol–water partition coefficient (Wildman–Crippen LogP) is 2.12. The second-order valence-electron chi connectivity index (χ2n) is 4.16. The number of hydrogen-bond acceptors (Lipinski definition) is 3. The third-order valence-corrected chi connectivity index (χ3v) is 2.91. The summed E-state index contributed by atoms with van der Waals surface area (Å²) in [5, 5.41) is 0. The SMILES string of the molecule is COc1ccccc1C(OCCN)C1CC1. The van der Waals surface area contributed by atoms with Gasteiger partial charge in [-0.05, 0) is 24.8 Å². The summed E-state index contributed by atoms with van der Waals surface area (Å²) in [5.74, 6) is 1.55. The van der Waals surface area contributed by atoms with Crippen LogP contribution in [0.1, 0.15) is 24.5 Å². The van der Waals surface area contributed by atoms with Gasteiger partial charge in [-0.2, -0.15) is 0 Å². The molecule has 0 amide bonds. The first-order valence-electron chi connectivity index (χ1n) is 5.81. The van der Waals surface area contributed by atoms with Gasteiger partial charge >= 0.3 is 0 Å². The quantitative estimate of drug-likeness (QED) is 0.800. The monoisotopic (exact) mass is 221 g/mol. The van der Waals surface area contributed by atoms with E-state index in [4.69, 9.17) is 15.2 Å². The van der Waals surface area contributed by atoms with Gasteiger partial charge < -0.3 is 15.2 Å². The molecule has 3 nitrogen and oxygen atoms in total. The van der Waals surface area contributed by atoms with Gasteiger partial charge in [-0.15, -0.1) is 0 Å². The maximum atomic E-state index is 5.84. The Kier molecular flexibility index (Phi) is 3.80. The zero-order valence-corrected chi connectivity index (χ0v) is 9.69. The second kappa shape index (κ2) is 5.32. The van der Waals surface area contributed by atoms with E-state index in [9.17, 15) is 0 Å². The Labute approximate surface area is 96.5 Å². The van der Waals surface area contributed by atoms with Gasteiger partial charge in [-0.1, -0.05) is 18.2 Å². The molecule has 88 valence electrons. The van der Waals surface area contributed by atoms with E-state index < -0.39 is 0 Å². The standard InChI is InChI=1S/C13H19NO2/c1-15-12-5-3-2-4-11(12)13(10-6-7-10)16-9-8-14/h2-5,10,13H,6-9,14H2,1H3. The molecule has 1 fully saturated rings. The van der Waals surface area contributed by atoms with Crippen LogP contribution in [0.25, 0.3) is 0 Å². The molecule has 1 atom stereocenters. The van der Waals surface area contributed by atoms with Crippen molar-refractivity contribution in [1.82, 2.24) is 0 Å². The van der Waals surface area contributed by atoms with Gasteiger partial charge in [0.2, 0.25) is 0 Å². The largest absolute Gasteiger partial charge is 0.496 e. The molecule has 1 unspecified atom stereocenters. The van der Waals surface area contributed by atoms with Crippen molar-refractivity contribution in [3.63, 3.8) is 0 Å². The number of methoxy groups -OCH3 is 1. The van der Waals surface area contributed by atoms with Gasteiger partial charge in [-0.3, -0.25) is 0 Å². The van der Waals surface area contributed by atoms with E-state index in [1.807, 2.05) is 18.2 Å². The molecule has 16 heavy (non-hydrogen) atoms. The third-order valence-electron chi connectivity index (χ3n) is 2.91. The van der Waals surface area contributed by atoms with E-state index >= 15 is 0 Å². The number of benzene rings is 1. The first kappa shape index (κ1) is 11.4. The fourth-order valence-corrected chi connectivity index (χ4v) is 1.98. The van der Waals surface area contributed by atoms with Crippen molar-refractivity contribution in [2.24, 2.45) is 11.7 Å². The van der Waals surface area contributed by atoms with E-state index in [0.29, 0.717) is 19.1 Å². The second-order valence-corrected chi connectivity index (χ2v) is 4.16. The summed E-state index contributed by atoms with van der Waals surface area (Å²) in [6.07, 6.45) is 2.64. The summed E-state index contributed by atoms with van der Waals surface area (Å²) < 4.78 is 11.2. The Hall–Kier alpha value is -1.06. The summed E-state index contributed by atoms with van der Waals surface area (Å²) in [4.78, 5) is 0. The first-order chi connectivity index (χ1) is 7.86. The molecule has 0 spiro atoms. The molecule has 1 aliphatic carbocycles. The smallest absolute Gasteiger partial charge is 0.124 e. The van der Waals surface area contributed by atoms with Crippen LogP contribution in [0, 0.1) is 5.92 Å². The molecule has 2 rings (SSSR count). The van der Waals surface area contributed by atoms with Crippen LogP contribution in [0.2, 0.25) is 0 Å². The van der Waals surface area contributed by atoms with Crippen molar-refractivity contribution in [3.05, 3.63) is 29.8 Å². The van der Waals surface area contributed by atoms with E-state index in [2.05, 4.69) is 6.07 Å². The number of ether oxygens (including phenoxy) is 2. The van der Waals surface area contributed by atoms with Crippen LogP contribution in [0.3, 0.4) is 0 Å². The zero-order valence-electron chi connectivity index (χ0n) is 9.69. The predicted molar refractivity (Wildman–Crippen MR) is 63.5 cm³/mol. The molecule has 1 aliphatic rings. The topological polar surface area (TPSA) is 44.5 Å². The molecule has 0 bridgehead atoms. The van der Waals surface area contributed by atoms with Gasteiger partial charge in [0.25, 0.3) is 0 Å². The Morgan fingerprint density at radius 3 is 2.75 bits per heavy atom. The van der Waals surface area contributed by atoms with E-state index in [1.165, 1.54) is 12.8 Å². The molecular weight excluding hydrogens is 202 g/mol. The van der Waals surface area contributed by atoms with Crippen LogP contribution in [0.4, 0.5) is 0 Å². The van der Waals surface area contributed by atoms with Crippen molar-refractivity contribution in [2.45, 2.75) is 18.9 Å². The van der Waals surface area contributed by atoms with Gasteiger partial charge in [0, 0.05) is 12.1 Å². The highest BCUT2D eigenvalue weighted by Crippen LogP contribution is 2.45.